The van der Waals surface area contributed by atoms with Crippen molar-refractivity contribution in [3.8, 4) is 5.75 Å². The van der Waals surface area contributed by atoms with Crippen LogP contribution in [0.4, 0.5) is 0 Å². The summed E-state index contributed by atoms with van der Waals surface area (Å²) in [6, 6.07) is 5.63. The number of ether oxygens (including phenoxy) is 2. The molecular weight excluding hydrogens is 362 g/mol. The molecule has 0 bridgehead atoms. The van der Waals surface area contributed by atoms with Crippen molar-refractivity contribution in [3.63, 3.8) is 0 Å². The fourth-order valence-electron chi connectivity index (χ4n) is 2.57. The molecule has 1 aliphatic rings. The Hall–Kier alpha value is -1.56. The lowest BCUT2D eigenvalue weighted by Crippen LogP contribution is -2.42. The molecule has 0 saturated carbocycles. The third kappa shape index (κ3) is 4.96. The van der Waals surface area contributed by atoms with Crippen LogP contribution in [-0.4, -0.2) is 43.1 Å². The quantitative estimate of drug-likeness (QED) is 0.733. The lowest BCUT2D eigenvalue weighted by molar-refractivity contribution is -0.151. The second-order valence-corrected chi connectivity index (χ2v) is 6.46. The third-order valence-electron chi connectivity index (χ3n) is 3.96. The monoisotopic (exact) mass is 383 g/mol. The summed E-state index contributed by atoms with van der Waals surface area (Å²) < 4.78 is 11.6. The molecule has 0 radical (unpaired) electrons. The minimum absolute atomic E-state index is 0.0190. The molecule has 1 heterocycles. The van der Waals surface area contributed by atoms with Gasteiger partial charge in [-0.3, -0.25) is 9.59 Å². The molecule has 0 aromatic heterocycles. The van der Waals surface area contributed by atoms with Gasteiger partial charge < -0.3 is 14.4 Å². The van der Waals surface area contributed by atoms with Gasteiger partial charge in [-0.25, -0.2) is 0 Å². The van der Waals surface area contributed by atoms with Gasteiger partial charge in [0.1, 0.15) is 5.75 Å². The molecule has 0 unspecified atom stereocenters. The van der Waals surface area contributed by atoms with Crippen molar-refractivity contribution in [1.29, 1.82) is 0 Å². The first-order chi connectivity index (χ1) is 11.0. The first-order valence-corrected chi connectivity index (χ1v) is 8.64. The van der Waals surface area contributed by atoms with E-state index in [0.717, 1.165) is 10.0 Å². The maximum absolute atomic E-state index is 12.2. The number of nitrogens with zero attached hydrogens (tertiary/aromatic N) is 1. The number of piperidine rings is 1. The Morgan fingerprint density at radius 3 is 2.61 bits per heavy atom. The minimum Gasteiger partial charge on any atom is -0.484 e. The van der Waals surface area contributed by atoms with Crippen molar-refractivity contribution in [2.75, 3.05) is 26.3 Å². The highest BCUT2D eigenvalue weighted by Gasteiger charge is 2.28. The molecular formula is C17H22BrNO4. The summed E-state index contributed by atoms with van der Waals surface area (Å²) in [4.78, 5) is 25.6. The van der Waals surface area contributed by atoms with Crippen LogP contribution in [0.15, 0.2) is 22.7 Å². The van der Waals surface area contributed by atoms with E-state index >= 15 is 0 Å². The molecule has 5 nitrogen and oxygen atoms in total. The van der Waals surface area contributed by atoms with Crippen LogP contribution in [0, 0.1) is 12.8 Å². The number of hydrogen-bond donors (Lipinski definition) is 0. The number of carbonyl (C=O) groups excluding carboxylic acids is 2. The first kappa shape index (κ1) is 17.8. The predicted octanol–water partition coefficient (Wildman–Crippen LogP) is 2.94. The molecule has 1 aliphatic heterocycles. The van der Waals surface area contributed by atoms with Gasteiger partial charge in [-0.1, -0.05) is 15.9 Å². The van der Waals surface area contributed by atoms with Gasteiger partial charge in [-0.15, -0.1) is 0 Å². The number of esters is 1. The molecule has 1 aromatic carbocycles. The van der Waals surface area contributed by atoms with Gasteiger partial charge in [0.15, 0.2) is 6.61 Å². The minimum atomic E-state index is -0.152. The fourth-order valence-corrected chi connectivity index (χ4v) is 2.81. The molecule has 1 aromatic rings. The van der Waals surface area contributed by atoms with E-state index in [9.17, 15) is 9.59 Å². The molecule has 0 spiro atoms. The van der Waals surface area contributed by atoms with Crippen molar-refractivity contribution in [2.45, 2.75) is 26.7 Å². The molecule has 6 heteroatoms. The van der Waals surface area contributed by atoms with E-state index < -0.39 is 0 Å². The van der Waals surface area contributed by atoms with E-state index in [4.69, 9.17) is 9.47 Å². The Labute approximate surface area is 145 Å². The van der Waals surface area contributed by atoms with Crippen molar-refractivity contribution in [1.82, 2.24) is 4.90 Å². The van der Waals surface area contributed by atoms with Crippen LogP contribution in [0.2, 0.25) is 0 Å². The standard InChI is InChI=1S/C17H22BrNO4/c1-3-22-17(21)13-6-8-19(9-7-13)16(20)11-23-14-4-5-15(18)12(2)10-14/h4-5,10,13H,3,6-9,11H2,1-2H3. The number of amides is 1. The van der Waals surface area contributed by atoms with Gasteiger partial charge in [-0.05, 0) is 50.5 Å². The largest absolute Gasteiger partial charge is 0.484 e. The van der Waals surface area contributed by atoms with E-state index in [1.807, 2.05) is 25.1 Å². The molecule has 126 valence electrons. The predicted molar refractivity (Wildman–Crippen MR) is 90.3 cm³/mol. The fraction of sp³-hybridized carbons (Fsp3) is 0.529. The number of hydrogen-bond acceptors (Lipinski definition) is 4. The average molecular weight is 384 g/mol. The van der Waals surface area contributed by atoms with Gasteiger partial charge in [-0.2, -0.15) is 0 Å². The molecule has 0 N–H and O–H groups in total. The maximum Gasteiger partial charge on any atom is 0.309 e. The van der Waals surface area contributed by atoms with Gasteiger partial charge in [0.05, 0.1) is 12.5 Å². The van der Waals surface area contributed by atoms with Crippen LogP contribution in [-0.2, 0) is 14.3 Å². The van der Waals surface area contributed by atoms with Crippen molar-refractivity contribution in [3.05, 3.63) is 28.2 Å². The zero-order valence-electron chi connectivity index (χ0n) is 13.5. The maximum atomic E-state index is 12.2. The van der Waals surface area contributed by atoms with Crippen LogP contribution < -0.4 is 4.74 Å². The Morgan fingerprint density at radius 1 is 1.30 bits per heavy atom. The van der Waals surface area contributed by atoms with Crippen LogP contribution in [0.3, 0.4) is 0 Å². The van der Waals surface area contributed by atoms with Crippen LogP contribution in [0.1, 0.15) is 25.3 Å². The van der Waals surface area contributed by atoms with Crippen molar-refractivity contribution in [2.24, 2.45) is 5.92 Å². The third-order valence-corrected chi connectivity index (χ3v) is 4.85. The molecule has 1 amide bonds. The average Bonchev–Trinajstić information content (AvgIpc) is 2.56. The van der Waals surface area contributed by atoms with E-state index in [-0.39, 0.29) is 24.4 Å². The number of aryl methyl sites for hydroxylation is 1. The summed E-state index contributed by atoms with van der Waals surface area (Å²) in [6.07, 6.45) is 1.31. The zero-order chi connectivity index (χ0) is 16.8. The highest BCUT2D eigenvalue weighted by Crippen LogP contribution is 2.22. The Morgan fingerprint density at radius 2 is 2.00 bits per heavy atom. The van der Waals surface area contributed by atoms with Gasteiger partial charge >= 0.3 is 5.97 Å². The lowest BCUT2D eigenvalue weighted by atomic mass is 9.97. The number of benzene rings is 1. The topological polar surface area (TPSA) is 55.8 Å². The smallest absolute Gasteiger partial charge is 0.309 e. The van der Waals surface area contributed by atoms with Crippen molar-refractivity contribution < 1.29 is 19.1 Å². The normalized spacial score (nSPS) is 15.3. The number of likely N-dealkylation sites (tertiary alicyclic amines) is 1. The lowest BCUT2D eigenvalue weighted by Gasteiger charge is -2.30. The summed E-state index contributed by atoms with van der Waals surface area (Å²) in [5.74, 6) is 0.392. The zero-order valence-corrected chi connectivity index (χ0v) is 15.1. The van der Waals surface area contributed by atoms with Gasteiger partial charge in [0, 0.05) is 17.6 Å². The van der Waals surface area contributed by atoms with Crippen LogP contribution in [0.5, 0.6) is 5.75 Å². The van der Waals surface area contributed by atoms with E-state index in [1.54, 1.807) is 11.8 Å². The second-order valence-electron chi connectivity index (χ2n) is 5.61. The summed E-state index contributed by atoms with van der Waals surface area (Å²) in [5, 5.41) is 0. The van der Waals surface area contributed by atoms with E-state index in [2.05, 4.69) is 15.9 Å². The summed E-state index contributed by atoms with van der Waals surface area (Å²) in [6.45, 7) is 5.34. The number of halogens is 1. The molecule has 1 fully saturated rings. The first-order valence-electron chi connectivity index (χ1n) is 7.84. The molecule has 1 saturated heterocycles. The van der Waals surface area contributed by atoms with E-state index in [1.165, 1.54) is 0 Å². The van der Waals surface area contributed by atoms with Crippen molar-refractivity contribution >= 4 is 27.8 Å². The van der Waals surface area contributed by atoms with Crippen LogP contribution in [0.25, 0.3) is 0 Å². The molecule has 0 aliphatic carbocycles. The van der Waals surface area contributed by atoms with Gasteiger partial charge in [0.2, 0.25) is 0 Å². The highest BCUT2D eigenvalue weighted by atomic mass is 79.9. The molecule has 23 heavy (non-hydrogen) atoms. The number of carbonyl (C=O) groups is 2. The highest BCUT2D eigenvalue weighted by molar-refractivity contribution is 9.10. The Bertz CT molecular complexity index is 568. The van der Waals surface area contributed by atoms with Crippen LogP contribution >= 0.6 is 15.9 Å². The molecule has 2 rings (SSSR count). The van der Waals surface area contributed by atoms with Gasteiger partial charge in [0.25, 0.3) is 5.91 Å². The molecule has 0 atom stereocenters. The Kier molecular flexibility index (Phi) is 6.45. The summed E-state index contributed by atoms with van der Waals surface area (Å²) in [7, 11) is 0. The SMILES string of the molecule is CCOC(=O)C1CCN(C(=O)COc2ccc(Br)c(C)c2)CC1. The Balaban J connectivity index is 1.79. The number of rotatable bonds is 5. The van der Waals surface area contributed by atoms with E-state index in [0.29, 0.717) is 38.3 Å². The summed E-state index contributed by atoms with van der Waals surface area (Å²) in [5.41, 5.74) is 1.06. The summed E-state index contributed by atoms with van der Waals surface area (Å²) >= 11 is 3.43. The second kappa shape index (κ2) is 8.34.